The molecule has 0 N–H and O–H groups in total. The minimum absolute atomic E-state index is 0.857. The van der Waals surface area contributed by atoms with Crippen LogP contribution in [-0.4, -0.2) is 9.97 Å². The summed E-state index contributed by atoms with van der Waals surface area (Å²) < 4.78 is 13.1. The normalized spacial score (nSPS) is 12.0. The highest BCUT2D eigenvalue weighted by atomic mass is 16.3. The van der Waals surface area contributed by atoms with Crippen LogP contribution in [0, 0.1) is 0 Å². The lowest BCUT2D eigenvalue weighted by molar-refractivity contribution is 0.664. The lowest BCUT2D eigenvalue weighted by atomic mass is 9.92. The Morgan fingerprint density at radius 3 is 1.64 bits per heavy atom. The molecule has 11 aromatic rings. The molecular weight excluding hydrogens is 613 g/mol. The maximum atomic E-state index is 6.63. The first-order chi connectivity index (χ1) is 24.8. The van der Waals surface area contributed by atoms with Crippen LogP contribution in [0.25, 0.3) is 110 Å². The summed E-state index contributed by atoms with van der Waals surface area (Å²) in [4.78, 5) is 9.43. The van der Waals surface area contributed by atoms with Crippen molar-refractivity contribution in [2.45, 2.75) is 0 Å². The average Bonchev–Trinajstić information content (AvgIpc) is 3.75. The van der Waals surface area contributed by atoms with Gasteiger partial charge in [0.2, 0.25) is 0 Å². The zero-order chi connectivity index (χ0) is 32.8. The number of rotatable bonds is 3. The number of aromatic nitrogens is 2. The van der Waals surface area contributed by atoms with Crippen molar-refractivity contribution in [1.29, 1.82) is 0 Å². The van der Waals surface area contributed by atoms with E-state index in [1.807, 2.05) is 24.3 Å². The second-order valence-electron chi connectivity index (χ2n) is 12.9. The Morgan fingerprint density at radius 1 is 0.340 bits per heavy atom. The van der Waals surface area contributed by atoms with E-state index in [4.69, 9.17) is 18.8 Å². The van der Waals surface area contributed by atoms with E-state index in [0.717, 1.165) is 99.1 Å². The zero-order valence-corrected chi connectivity index (χ0v) is 26.7. The molecule has 0 radical (unpaired) electrons. The van der Waals surface area contributed by atoms with Gasteiger partial charge in [-0.3, -0.25) is 9.97 Å². The van der Waals surface area contributed by atoms with Crippen LogP contribution >= 0.6 is 0 Å². The molecule has 0 saturated heterocycles. The van der Waals surface area contributed by atoms with Crippen LogP contribution in [0.15, 0.2) is 167 Å². The molecule has 4 heteroatoms. The van der Waals surface area contributed by atoms with Gasteiger partial charge in [0.15, 0.2) is 0 Å². The monoisotopic (exact) mass is 638 g/mol. The van der Waals surface area contributed by atoms with Gasteiger partial charge in [-0.2, -0.15) is 0 Å². The molecule has 0 saturated carbocycles. The van der Waals surface area contributed by atoms with Crippen LogP contribution < -0.4 is 0 Å². The zero-order valence-electron chi connectivity index (χ0n) is 26.7. The van der Waals surface area contributed by atoms with Crippen LogP contribution in [0.5, 0.6) is 0 Å². The molecule has 3 heterocycles. The van der Waals surface area contributed by atoms with Gasteiger partial charge < -0.3 is 8.83 Å². The molecule has 11 rings (SSSR count). The standard InChI is InChI=1S/C46H26N2O2/c1-2-15-34-32(13-1)37-25-30(19-20-35(37)45-44(34)47-21-22-48-45)28-10-7-9-27(23-28)29-11-8-12-31(24-29)42-43-36-16-4-6-18-40(36)49-41(43)26-38-33-14-3-5-17-39(33)50-46(38)42/h1-26H. The van der Waals surface area contributed by atoms with Crippen molar-refractivity contribution >= 4 is 76.5 Å². The molecule has 0 bridgehead atoms. The Hall–Kier alpha value is -6.78. The summed E-state index contributed by atoms with van der Waals surface area (Å²) in [6.07, 6.45) is 3.54. The van der Waals surface area contributed by atoms with Crippen LogP contribution in [0.4, 0.5) is 0 Å². The SMILES string of the molecule is c1cc(-c2cccc(-c3c4oc5ccccc5c4cc4oc5ccccc5c34)c2)cc(-c2ccc3c(c2)c2ccccc2c2nccnc32)c1. The highest BCUT2D eigenvalue weighted by Gasteiger charge is 2.21. The van der Waals surface area contributed by atoms with E-state index in [2.05, 4.69) is 121 Å². The fourth-order valence-corrected chi connectivity index (χ4v) is 7.88. The van der Waals surface area contributed by atoms with Gasteiger partial charge in [-0.1, -0.05) is 109 Å². The molecule has 0 amide bonds. The van der Waals surface area contributed by atoms with Crippen LogP contribution in [0.2, 0.25) is 0 Å². The second-order valence-corrected chi connectivity index (χ2v) is 12.9. The first kappa shape index (κ1) is 27.2. The second kappa shape index (κ2) is 10.4. The Labute approximate surface area is 285 Å². The molecule has 4 nitrogen and oxygen atoms in total. The maximum Gasteiger partial charge on any atom is 0.144 e. The molecule has 232 valence electrons. The van der Waals surface area contributed by atoms with Gasteiger partial charge in [0.25, 0.3) is 0 Å². The quantitative estimate of drug-likeness (QED) is 0.181. The molecule has 50 heavy (non-hydrogen) atoms. The highest BCUT2D eigenvalue weighted by molar-refractivity contribution is 6.24. The van der Waals surface area contributed by atoms with Gasteiger partial charge in [-0.25, -0.2) is 0 Å². The molecule has 0 aliphatic carbocycles. The van der Waals surface area contributed by atoms with Crippen molar-refractivity contribution in [3.8, 4) is 33.4 Å². The summed E-state index contributed by atoms with van der Waals surface area (Å²) in [5, 5.41) is 8.86. The first-order valence-corrected chi connectivity index (χ1v) is 16.8. The average molecular weight is 639 g/mol. The van der Waals surface area contributed by atoms with Crippen molar-refractivity contribution in [3.05, 3.63) is 158 Å². The van der Waals surface area contributed by atoms with Gasteiger partial charge >= 0.3 is 0 Å². The Morgan fingerprint density at radius 2 is 0.900 bits per heavy atom. The third-order valence-corrected chi connectivity index (χ3v) is 10.1. The summed E-state index contributed by atoms with van der Waals surface area (Å²) in [6, 6.07) is 51.4. The van der Waals surface area contributed by atoms with Gasteiger partial charge in [0, 0.05) is 50.3 Å². The molecule has 8 aromatic carbocycles. The molecular formula is C46H26N2O2. The van der Waals surface area contributed by atoms with Gasteiger partial charge in [-0.05, 0) is 75.0 Å². The predicted octanol–water partition coefficient (Wildman–Crippen LogP) is 12.7. The summed E-state index contributed by atoms with van der Waals surface area (Å²) >= 11 is 0. The van der Waals surface area contributed by atoms with Crippen molar-refractivity contribution in [3.63, 3.8) is 0 Å². The lowest BCUT2D eigenvalue weighted by Crippen LogP contribution is -1.89. The van der Waals surface area contributed by atoms with E-state index in [1.165, 1.54) is 10.8 Å². The van der Waals surface area contributed by atoms with E-state index in [0.29, 0.717) is 0 Å². The van der Waals surface area contributed by atoms with Gasteiger partial charge in [-0.15, -0.1) is 0 Å². The van der Waals surface area contributed by atoms with Crippen LogP contribution in [0.1, 0.15) is 0 Å². The van der Waals surface area contributed by atoms with E-state index in [-0.39, 0.29) is 0 Å². The van der Waals surface area contributed by atoms with E-state index in [1.54, 1.807) is 12.4 Å². The van der Waals surface area contributed by atoms with Gasteiger partial charge in [0.05, 0.1) is 11.0 Å². The van der Waals surface area contributed by atoms with Crippen molar-refractivity contribution in [1.82, 2.24) is 9.97 Å². The van der Waals surface area contributed by atoms with Crippen molar-refractivity contribution in [2.75, 3.05) is 0 Å². The van der Waals surface area contributed by atoms with Gasteiger partial charge in [0.1, 0.15) is 22.3 Å². The first-order valence-electron chi connectivity index (χ1n) is 16.8. The third-order valence-electron chi connectivity index (χ3n) is 10.1. The van der Waals surface area contributed by atoms with Crippen molar-refractivity contribution < 1.29 is 8.83 Å². The number of furan rings is 2. The number of para-hydroxylation sites is 2. The third kappa shape index (κ3) is 3.93. The topological polar surface area (TPSA) is 52.1 Å². The fraction of sp³-hybridized carbons (Fsp3) is 0. The Kier molecular flexibility index (Phi) is 5.63. The molecule has 3 aromatic heterocycles. The number of nitrogens with zero attached hydrogens (tertiary/aromatic N) is 2. The van der Waals surface area contributed by atoms with E-state index < -0.39 is 0 Å². The molecule has 0 spiro atoms. The number of hydrogen-bond acceptors (Lipinski definition) is 4. The molecule has 0 unspecified atom stereocenters. The Bertz CT molecular complexity index is 3130. The minimum atomic E-state index is 0.857. The summed E-state index contributed by atoms with van der Waals surface area (Å²) in [5.41, 5.74) is 12.0. The lowest BCUT2D eigenvalue weighted by Gasteiger charge is -2.12. The maximum absolute atomic E-state index is 6.63. The van der Waals surface area contributed by atoms with E-state index in [9.17, 15) is 0 Å². The fourth-order valence-electron chi connectivity index (χ4n) is 7.88. The predicted molar refractivity (Wildman–Crippen MR) is 205 cm³/mol. The molecule has 0 aliphatic rings. The van der Waals surface area contributed by atoms with E-state index >= 15 is 0 Å². The molecule has 0 fully saturated rings. The summed E-state index contributed by atoms with van der Waals surface area (Å²) in [6.45, 7) is 0. The number of hydrogen-bond donors (Lipinski definition) is 0. The number of benzene rings is 8. The van der Waals surface area contributed by atoms with Crippen LogP contribution in [0.3, 0.4) is 0 Å². The van der Waals surface area contributed by atoms with Crippen molar-refractivity contribution in [2.24, 2.45) is 0 Å². The number of fused-ring (bicyclic) bond motifs is 12. The highest BCUT2D eigenvalue weighted by Crippen LogP contribution is 2.45. The summed E-state index contributed by atoms with van der Waals surface area (Å²) in [5.74, 6) is 0. The van der Waals surface area contributed by atoms with Crippen LogP contribution in [-0.2, 0) is 0 Å². The minimum Gasteiger partial charge on any atom is -0.456 e. The largest absolute Gasteiger partial charge is 0.456 e. The Balaban J connectivity index is 1.10. The smallest absolute Gasteiger partial charge is 0.144 e. The summed E-state index contributed by atoms with van der Waals surface area (Å²) in [7, 11) is 0. The molecule has 0 atom stereocenters. The molecule has 0 aliphatic heterocycles.